The number of rotatable bonds is 12. The fraction of sp³-hybridized carbons (Fsp3) is 0.216. The maximum absolute atomic E-state index is 15.1. The summed E-state index contributed by atoms with van der Waals surface area (Å²) in [5, 5.41) is 0. The lowest BCUT2D eigenvalue weighted by molar-refractivity contribution is -0.126. The summed E-state index contributed by atoms with van der Waals surface area (Å²) in [6.45, 7) is 4.37. The van der Waals surface area contributed by atoms with Crippen molar-refractivity contribution in [3.63, 3.8) is 0 Å². The van der Waals surface area contributed by atoms with E-state index < -0.39 is 41.5 Å². The van der Waals surface area contributed by atoms with E-state index >= 15 is 4.79 Å². The Morgan fingerprint density at radius 2 is 0.826 bits per heavy atom. The van der Waals surface area contributed by atoms with Gasteiger partial charge in [0.1, 0.15) is 23.6 Å². The van der Waals surface area contributed by atoms with Gasteiger partial charge < -0.3 is 9.47 Å². The van der Waals surface area contributed by atoms with E-state index in [1.807, 2.05) is 13.8 Å². The number of ketones is 1. The highest BCUT2D eigenvalue weighted by atomic mass is 16.5. The van der Waals surface area contributed by atoms with Crippen LogP contribution in [0.2, 0.25) is 0 Å². The number of imide groups is 2. The van der Waals surface area contributed by atoms with Crippen molar-refractivity contribution in [2.24, 2.45) is 0 Å². The average Bonchev–Trinajstić information content (AvgIpc) is 3.48. The van der Waals surface area contributed by atoms with E-state index in [1.165, 1.54) is 0 Å². The lowest BCUT2D eigenvalue weighted by Crippen LogP contribution is -2.56. The maximum Gasteiger partial charge on any atom is 0.262 e. The highest BCUT2D eigenvalue weighted by Gasteiger charge is 2.49. The average molecular weight is 617 g/mol. The molecule has 2 atom stereocenters. The third kappa shape index (κ3) is 5.34. The quantitative estimate of drug-likeness (QED) is 0.202. The minimum absolute atomic E-state index is 0.0900. The molecule has 9 nitrogen and oxygen atoms in total. The SMILES string of the molecule is CCOc1ccccc1C[C@@H](C(=O)[C@H](Cc1ccccc1OCC)N1C(=O)c2ccccc2C1=O)N1C(=O)c2ccccc2C1=O. The van der Waals surface area contributed by atoms with Gasteiger partial charge in [-0.3, -0.25) is 33.8 Å². The van der Waals surface area contributed by atoms with E-state index in [1.54, 1.807) is 97.1 Å². The molecule has 4 aromatic rings. The molecule has 4 aromatic carbocycles. The molecule has 0 bridgehead atoms. The number of carbonyl (C=O) groups excluding carboxylic acids is 5. The Balaban J connectivity index is 1.49. The number of hydrogen-bond donors (Lipinski definition) is 0. The van der Waals surface area contributed by atoms with E-state index in [2.05, 4.69) is 0 Å². The summed E-state index contributed by atoms with van der Waals surface area (Å²) < 4.78 is 11.7. The Bertz CT molecular complexity index is 1660. The molecule has 0 unspecified atom stereocenters. The molecule has 46 heavy (non-hydrogen) atoms. The van der Waals surface area contributed by atoms with Crippen molar-refractivity contribution < 1.29 is 33.4 Å². The zero-order valence-corrected chi connectivity index (χ0v) is 25.5. The number of carbonyl (C=O) groups is 5. The first kappa shape index (κ1) is 30.5. The third-order valence-electron chi connectivity index (χ3n) is 8.30. The van der Waals surface area contributed by atoms with Gasteiger partial charge >= 0.3 is 0 Å². The van der Waals surface area contributed by atoms with Crippen LogP contribution in [0, 0.1) is 0 Å². The molecule has 0 saturated carbocycles. The fourth-order valence-corrected chi connectivity index (χ4v) is 6.20. The lowest BCUT2D eigenvalue weighted by Gasteiger charge is -2.33. The predicted octanol–water partition coefficient (Wildman–Crippen LogP) is 5.17. The normalized spacial score (nSPS) is 15.1. The number of amides is 4. The smallest absolute Gasteiger partial charge is 0.262 e. The van der Waals surface area contributed by atoms with Crippen LogP contribution in [0.5, 0.6) is 11.5 Å². The van der Waals surface area contributed by atoms with Gasteiger partial charge in [-0.1, -0.05) is 60.7 Å². The van der Waals surface area contributed by atoms with Gasteiger partial charge in [-0.05, 0) is 61.4 Å². The summed E-state index contributed by atoms with van der Waals surface area (Å²) in [6.07, 6.45) is -0.180. The van der Waals surface area contributed by atoms with Crippen LogP contribution < -0.4 is 9.47 Å². The van der Waals surface area contributed by atoms with Crippen molar-refractivity contribution in [2.45, 2.75) is 38.8 Å². The number of fused-ring (bicyclic) bond motifs is 2. The highest BCUT2D eigenvalue weighted by molar-refractivity contribution is 6.25. The van der Waals surface area contributed by atoms with Gasteiger partial charge in [-0.25, -0.2) is 0 Å². The van der Waals surface area contributed by atoms with Gasteiger partial charge in [0.05, 0.1) is 35.5 Å². The maximum atomic E-state index is 15.1. The Hall–Kier alpha value is -5.57. The molecule has 2 aliphatic rings. The molecule has 2 aliphatic heterocycles. The van der Waals surface area contributed by atoms with Gasteiger partial charge in [-0.2, -0.15) is 0 Å². The van der Waals surface area contributed by atoms with Crippen LogP contribution >= 0.6 is 0 Å². The van der Waals surface area contributed by atoms with Crippen LogP contribution in [-0.4, -0.2) is 64.5 Å². The Morgan fingerprint density at radius 1 is 0.522 bits per heavy atom. The first-order chi connectivity index (χ1) is 22.3. The number of benzene rings is 4. The third-order valence-corrected chi connectivity index (χ3v) is 8.30. The standard InChI is InChI=1S/C37H32N2O7/c1-3-45-31-19-11-5-13-23(31)21-29(38-34(41)25-15-7-8-16-26(25)35(38)42)33(40)30(22-24-14-6-12-20-32(24)46-4-2)39-36(43)27-17-9-10-18-28(27)37(39)44/h5-20,29-30H,3-4,21-22H2,1-2H3/t29-,30-/m0/s1. The van der Waals surface area contributed by atoms with Crippen LogP contribution in [-0.2, 0) is 17.6 Å². The van der Waals surface area contributed by atoms with Crippen molar-refractivity contribution in [1.29, 1.82) is 0 Å². The van der Waals surface area contributed by atoms with Crippen molar-refractivity contribution in [3.05, 3.63) is 130 Å². The van der Waals surface area contributed by atoms with E-state index in [0.29, 0.717) is 35.8 Å². The first-order valence-corrected chi connectivity index (χ1v) is 15.2. The summed E-state index contributed by atoms with van der Waals surface area (Å²) >= 11 is 0. The molecule has 232 valence electrons. The zero-order valence-electron chi connectivity index (χ0n) is 25.5. The molecule has 2 heterocycles. The largest absolute Gasteiger partial charge is 0.494 e. The predicted molar refractivity (Wildman–Crippen MR) is 169 cm³/mol. The molecule has 0 spiro atoms. The van der Waals surface area contributed by atoms with Gasteiger partial charge in [-0.15, -0.1) is 0 Å². The Kier molecular flexibility index (Phi) is 8.48. The minimum Gasteiger partial charge on any atom is -0.494 e. The van der Waals surface area contributed by atoms with Crippen molar-refractivity contribution >= 4 is 29.4 Å². The summed E-state index contributed by atoms with van der Waals surface area (Å²) in [7, 11) is 0. The van der Waals surface area contributed by atoms with E-state index in [-0.39, 0.29) is 35.1 Å². The molecular formula is C37H32N2O7. The molecule has 9 heteroatoms. The van der Waals surface area contributed by atoms with Gasteiger partial charge in [0, 0.05) is 12.8 Å². The lowest BCUT2D eigenvalue weighted by atomic mass is 9.91. The number of hydrogen-bond acceptors (Lipinski definition) is 7. The van der Waals surface area contributed by atoms with Crippen LogP contribution in [0.3, 0.4) is 0 Å². The molecule has 0 saturated heterocycles. The molecular weight excluding hydrogens is 584 g/mol. The first-order valence-electron chi connectivity index (χ1n) is 15.2. The fourth-order valence-electron chi connectivity index (χ4n) is 6.20. The summed E-state index contributed by atoms with van der Waals surface area (Å²) in [5.41, 5.74) is 1.92. The molecule has 0 fully saturated rings. The second-order valence-electron chi connectivity index (χ2n) is 11.0. The topological polar surface area (TPSA) is 110 Å². The van der Waals surface area contributed by atoms with Crippen LogP contribution in [0.15, 0.2) is 97.1 Å². The second kappa shape index (κ2) is 12.8. The van der Waals surface area contributed by atoms with Gasteiger partial charge in [0.15, 0.2) is 5.78 Å². The van der Waals surface area contributed by atoms with E-state index in [4.69, 9.17) is 9.47 Å². The molecule has 0 aromatic heterocycles. The summed E-state index contributed by atoms with van der Waals surface area (Å²) in [5.74, 6) is -2.13. The number of Topliss-reactive ketones (excluding diaryl/α,β-unsaturated/α-hetero) is 1. The molecule has 0 N–H and O–H groups in total. The highest BCUT2D eigenvalue weighted by Crippen LogP contribution is 2.33. The van der Waals surface area contributed by atoms with Crippen molar-refractivity contribution in [3.8, 4) is 11.5 Å². The van der Waals surface area contributed by atoms with Crippen LogP contribution in [0.25, 0.3) is 0 Å². The van der Waals surface area contributed by atoms with Crippen LogP contribution in [0.1, 0.15) is 66.4 Å². The second-order valence-corrected chi connectivity index (χ2v) is 11.0. The van der Waals surface area contributed by atoms with Crippen molar-refractivity contribution in [1.82, 2.24) is 9.80 Å². The van der Waals surface area contributed by atoms with Gasteiger partial charge in [0.25, 0.3) is 23.6 Å². The van der Waals surface area contributed by atoms with Crippen LogP contribution in [0.4, 0.5) is 0 Å². The Morgan fingerprint density at radius 3 is 1.15 bits per heavy atom. The molecule has 0 aliphatic carbocycles. The summed E-state index contributed by atoms with van der Waals surface area (Å²) in [6, 6.07) is 24.2. The number of para-hydroxylation sites is 2. The molecule has 0 radical (unpaired) electrons. The molecule has 6 rings (SSSR count). The van der Waals surface area contributed by atoms with Crippen molar-refractivity contribution in [2.75, 3.05) is 13.2 Å². The zero-order chi connectivity index (χ0) is 32.4. The molecule has 4 amide bonds. The summed E-state index contributed by atoms with van der Waals surface area (Å²) in [4.78, 5) is 72.4. The van der Waals surface area contributed by atoms with E-state index in [0.717, 1.165) is 9.80 Å². The van der Waals surface area contributed by atoms with E-state index in [9.17, 15) is 19.2 Å². The number of nitrogens with zero attached hydrogens (tertiary/aromatic N) is 2. The number of ether oxygens (including phenoxy) is 2. The monoisotopic (exact) mass is 616 g/mol. The Labute approximate surface area is 266 Å². The minimum atomic E-state index is -1.37. The van der Waals surface area contributed by atoms with Gasteiger partial charge in [0.2, 0.25) is 0 Å².